The Bertz CT molecular complexity index is 1290. The molecule has 4 aromatic rings. The van der Waals surface area contributed by atoms with E-state index in [-0.39, 0.29) is 5.56 Å². The highest BCUT2D eigenvalue weighted by Crippen LogP contribution is 2.32. The predicted molar refractivity (Wildman–Crippen MR) is 129 cm³/mol. The van der Waals surface area contributed by atoms with E-state index in [0.29, 0.717) is 52.1 Å². The fourth-order valence-electron chi connectivity index (χ4n) is 3.60. The lowest BCUT2D eigenvalue weighted by Gasteiger charge is -2.15. The maximum absolute atomic E-state index is 13.3. The minimum atomic E-state index is -0.0814. The van der Waals surface area contributed by atoms with E-state index in [4.69, 9.17) is 37.7 Å². The van der Waals surface area contributed by atoms with E-state index in [1.165, 1.54) is 0 Å². The Morgan fingerprint density at radius 3 is 2.50 bits per heavy atom. The molecule has 0 fully saturated rings. The molecule has 0 spiro atoms. The van der Waals surface area contributed by atoms with Crippen LogP contribution in [0.5, 0.6) is 11.5 Å². The van der Waals surface area contributed by atoms with Gasteiger partial charge in [-0.3, -0.25) is 9.36 Å². The molecule has 0 aliphatic rings. The first-order chi connectivity index (χ1) is 15.5. The number of aryl methyl sites for hydroxylation is 1. The highest BCUT2D eigenvalue weighted by Gasteiger charge is 2.13. The van der Waals surface area contributed by atoms with Gasteiger partial charge in [0.15, 0.2) is 0 Å². The minimum Gasteiger partial charge on any atom is -0.497 e. The van der Waals surface area contributed by atoms with E-state index in [2.05, 4.69) is 0 Å². The topological polar surface area (TPSA) is 53.3 Å². The van der Waals surface area contributed by atoms with Crippen molar-refractivity contribution in [1.82, 2.24) is 9.55 Å². The summed E-state index contributed by atoms with van der Waals surface area (Å²) in [5.41, 5.74) is 2.29. The Hall–Kier alpha value is -3.02. The van der Waals surface area contributed by atoms with Gasteiger partial charge in [0.2, 0.25) is 0 Å². The summed E-state index contributed by atoms with van der Waals surface area (Å²) in [7, 11) is 1.62. The number of nitrogens with zero attached hydrogens (tertiary/aromatic N) is 2. The molecule has 5 nitrogen and oxygen atoms in total. The zero-order valence-electron chi connectivity index (χ0n) is 17.8. The smallest absolute Gasteiger partial charge is 0.261 e. The molecule has 7 heteroatoms. The van der Waals surface area contributed by atoms with Gasteiger partial charge in [-0.05, 0) is 67.4 Å². The number of fused-ring (bicyclic) bond motifs is 1. The van der Waals surface area contributed by atoms with Gasteiger partial charge >= 0.3 is 0 Å². The average molecular weight is 469 g/mol. The lowest BCUT2D eigenvalue weighted by Crippen LogP contribution is -2.24. The number of hydrogen-bond acceptors (Lipinski definition) is 4. The van der Waals surface area contributed by atoms with Gasteiger partial charge in [0, 0.05) is 17.1 Å². The van der Waals surface area contributed by atoms with Gasteiger partial charge in [-0.25, -0.2) is 4.98 Å². The molecule has 32 heavy (non-hydrogen) atoms. The first kappa shape index (κ1) is 22.2. The minimum absolute atomic E-state index is 0.0814. The van der Waals surface area contributed by atoms with Crippen LogP contribution in [0.3, 0.4) is 0 Å². The molecule has 1 aromatic heterocycles. The monoisotopic (exact) mass is 468 g/mol. The number of rotatable bonds is 7. The number of para-hydroxylation sites is 1. The molecule has 1 heterocycles. The number of methoxy groups -OCH3 is 1. The maximum atomic E-state index is 13.3. The molecule has 0 unspecified atom stereocenters. The third-order valence-corrected chi connectivity index (χ3v) is 5.68. The van der Waals surface area contributed by atoms with E-state index in [9.17, 15) is 4.79 Å². The van der Waals surface area contributed by atoms with Crippen LogP contribution in [0.4, 0.5) is 0 Å². The predicted octanol–water partition coefficient (Wildman–Crippen LogP) is 6.16. The van der Waals surface area contributed by atoms with Crippen molar-refractivity contribution >= 4 is 34.1 Å². The van der Waals surface area contributed by atoms with Gasteiger partial charge in [0.1, 0.15) is 17.3 Å². The first-order valence-electron chi connectivity index (χ1n) is 10.2. The summed E-state index contributed by atoms with van der Waals surface area (Å²) >= 11 is 12.3. The SMILES string of the molecule is COc1ccc(-c2nc3ccccc3c(=O)n2CCCOc2c(C)cc(Cl)cc2Cl)cc1. The number of halogens is 2. The number of hydrogen-bond donors (Lipinski definition) is 0. The molecule has 0 amide bonds. The van der Waals surface area contributed by atoms with Crippen molar-refractivity contribution < 1.29 is 9.47 Å². The zero-order valence-corrected chi connectivity index (χ0v) is 19.3. The second-order valence-electron chi connectivity index (χ2n) is 7.37. The van der Waals surface area contributed by atoms with Gasteiger partial charge in [-0.2, -0.15) is 0 Å². The lowest BCUT2D eigenvalue weighted by molar-refractivity contribution is 0.299. The number of benzene rings is 3. The molecule has 0 saturated heterocycles. The molecular formula is C25H22Cl2N2O3. The van der Waals surface area contributed by atoms with Crippen LogP contribution in [-0.4, -0.2) is 23.3 Å². The van der Waals surface area contributed by atoms with E-state index in [1.54, 1.807) is 23.8 Å². The summed E-state index contributed by atoms with van der Waals surface area (Å²) in [5, 5.41) is 1.62. The molecule has 0 aliphatic heterocycles. The summed E-state index contributed by atoms with van der Waals surface area (Å²) in [4.78, 5) is 18.1. The molecule has 164 valence electrons. The van der Waals surface area contributed by atoms with Crippen molar-refractivity contribution in [3.05, 3.63) is 86.6 Å². The summed E-state index contributed by atoms with van der Waals surface area (Å²) in [5.74, 6) is 1.96. The Morgan fingerprint density at radius 1 is 1.03 bits per heavy atom. The average Bonchev–Trinajstić information content (AvgIpc) is 2.79. The van der Waals surface area contributed by atoms with E-state index < -0.39 is 0 Å². The van der Waals surface area contributed by atoms with Crippen LogP contribution < -0.4 is 15.0 Å². The van der Waals surface area contributed by atoms with Crippen LogP contribution >= 0.6 is 23.2 Å². The molecule has 3 aromatic carbocycles. The Morgan fingerprint density at radius 2 is 1.78 bits per heavy atom. The van der Waals surface area contributed by atoms with Crippen LogP contribution in [-0.2, 0) is 6.54 Å². The molecule has 0 bridgehead atoms. The van der Waals surface area contributed by atoms with Crippen LogP contribution in [0, 0.1) is 6.92 Å². The second-order valence-corrected chi connectivity index (χ2v) is 8.22. The van der Waals surface area contributed by atoms with Gasteiger partial charge in [0.05, 0.1) is 29.6 Å². The quantitative estimate of drug-likeness (QED) is 0.305. The van der Waals surface area contributed by atoms with Crippen molar-refractivity contribution in [3.63, 3.8) is 0 Å². The maximum Gasteiger partial charge on any atom is 0.261 e. The zero-order chi connectivity index (χ0) is 22.7. The summed E-state index contributed by atoms with van der Waals surface area (Å²) < 4.78 is 12.9. The molecule has 0 aliphatic carbocycles. The standard InChI is InChI=1S/C25H22Cl2N2O3/c1-16-14-18(26)15-21(27)23(16)32-13-5-12-29-24(17-8-10-19(31-2)11-9-17)28-22-7-4-3-6-20(22)25(29)30/h3-4,6-11,14-15H,5,12-13H2,1-2H3. The van der Waals surface area contributed by atoms with E-state index >= 15 is 0 Å². The summed E-state index contributed by atoms with van der Waals surface area (Å²) in [6, 6.07) is 18.4. The van der Waals surface area contributed by atoms with Gasteiger partial charge < -0.3 is 9.47 Å². The normalized spacial score (nSPS) is 11.0. The van der Waals surface area contributed by atoms with Crippen molar-refractivity contribution in [2.45, 2.75) is 19.9 Å². The van der Waals surface area contributed by atoms with Crippen LogP contribution in [0.2, 0.25) is 10.0 Å². The van der Waals surface area contributed by atoms with Gasteiger partial charge in [-0.1, -0.05) is 35.3 Å². The Kier molecular flexibility index (Phi) is 6.68. The molecule has 0 radical (unpaired) electrons. The fourth-order valence-corrected chi connectivity index (χ4v) is 4.25. The Labute approximate surface area is 196 Å². The van der Waals surface area contributed by atoms with Crippen molar-refractivity contribution in [1.29, 1.82) is 0 Å². The number of ether oxygens (including phenoxy) is 2. The Balaban J connectivity index is 1.62. The van der Waals surface area contributed by atoms with Crippen LogP contribution in [0.1, 0.15) is 12.0 Å². The molecule has 0 N–H and O–H groups in total. The third kappa shape index (κ3) is 4.59. The molecule has 0 atom stereocenters. The second kappa shape index (κ2) is 9.63. The van der Waals surface area contributed by atoms with Crippen LogP contribution in [0.25, 0.3) is 22.3 Å². The van der Waals surface area contributed by atoms with Crippen LogP contribution in [0.15, 0.2) is 65.5 Å². The van der Waals surface area contributed by atoms with Crippen molar-refractivity contribution in [3.8, 4) is 22.9 Å². The highest BCUT2D eigenvalue weighted by atomic mass is 35.5. The summed E-state index contributed by atoms with van der Waals surface area (Å²) in [6.07, 6.45) is 0.599. The number of aromatic nitrogens is 2. The van der Waals surface area contributed by atoms with E-state index in [1.807, 2.05) is 55.5 Å². The summed E-state index contributed by atoms with van der Waals surface area (Å²) in [6.45, 7) is 2.73. The molecular weight excluding hydrogens is 447 g/mol. The largest absolute Gasteiger partial charge is 0.497 e. The highest BCUT2D eigenvalue weighted by molar-refractivity contribution is 6.35. The van der Waals surface area contributed by atoms with Crippen molar-refractivity contribution in [2.75, 3.05) is 13.7 Å². The fraction of sp³-hybridized carbons (Fsp3) is 0.200. The molecule has 0 saturated carbocycles. The van der Waals surface area contributed by atoms with Gasteiger partial charge in [0.25, 0.3) is 5.56 Å². The van der Waals surface area contributed by atoms with Crippen molar-refractivity contribution in [2.24, 2.45) is 0 Å². The lowest BCUT2D eigenvalue weighted by atomic mass is 10.1. The van der Waals surface area contributed by atoms with E-state index in [0.717, 1.165) is 16.9 Å². The molecule has 4 rings (SSSR count). The first-order valence-corrected chi connectivity index (χ1v) is 11.0. The third-order valence-electron chi connectivity index (χ3n) is 5.18. The van der Waals surface area contributed by atoms with Gasteiger partial charge in [-0.15, -0.1) is 0 Å².